The molecule has 1 N–H and O–H groups in total. The van der Waals surface area contributed by atoms with Crippen molar-refractivity contribution in [2.45, 2.75) is 6.92 Å². The molecule has 2 aromatic carbocycles. The molecule has 1 aromatic heterocycles. The van der Waals surface area contributed by atoms with E-state index in [0.29, 0.717) is 16.5 Å². The van der Waals surface area contributed by atoms with Crippen LogP contribution in [0.4, 0.5) is 0 Å². The second-order valence-corrected chi connectivity index (χ2v) is 4.07. The molecule has 0 fully saturated rings. The molecule has 0 saturated carbocycles. The summed E-state index contributed by atoms with van der Waals surface area (Å²) in [5, 5.41) is 12.0. The van der Waals surface area contributed by atoms with E-state index in [-0.39, 0.29) is 32.4 Å². The molecular formula is C14H10MoO3. The van der Waals surface area contributed by atoms with Crippen molar-refractivity contribution in [3.63, 3.8) is 0 Å². The van der Waals surface area contributed by atoms with Gasteiger partial charge in [0.15, 0.2) is 0 Å². The number of aryl methyl sites for hydroxylation is 1. The van der Waals surface area contributed by atoms with Crippen LogP contribution in [0.15, 0.2) is 45.6 Å². The topological polar surface area (TPSA) is 50.4 Å². The van der Waals surface area contributed by atoms with Crippen LogP contribution in [0.25, 0.3) is 21.7 Å². The van der Waals surface area contributed by atoms with Gasteiger partial charge >= 0.3 is 5.63 Å². The molecule has 0 spiro atoms. The van der Waals surface area contributed by atoms with Gasteiger partial charge in [0.2, 0.25) is 0 Å². The second-order valence-electron chi connectivity index (χ2n) is 4.07. The summed E-state index contributed by atoms with van der Waals surface area (Å²) in [5.74, 6) is 0.188. The zero-order chi connectivity index (χ0) is 12.0. The van der Waals surface area contributed by atoms with Crippen LogP contribution in [-0.4, -0.2) is 5.11 Å². The second kappa shape index (κ2) is 4.58. The van der Waals surface area contributed by atoms with Crippen LogP contribution in [0.1, 0.15) is 5.56 Å². The molecule has 0 radical (unpaired) electrons. The number of rotatable bonds is 0. The molecule has 0 aliphatic heterocycles. The Morgan fingerprint density at radius 1 is 1.11 bits per heavy atom. The molecule has 3 aromatic rings. The monoisotopic (exact) mass is 324 g/mol. The minimum absolute atomic E-state index is 0. The van der Waals surface area contributed by atoms with Gasteiger partial charge in [0, 0.05) is 42.8 Å². The Labute approximate surface area is 117 Å². The molecule has 0 atom stereocenters. The SMILES string of the molecule is Cc1cc2ccc3c(O)cccc3c2oc1=O.[Mo]. The van der Waals surface area contributed by atoms with Crippen molar-refractivity contribution in [3.05, 3.63) is 52.4 Å². The number of phenols is 1. The Balaban J connectivity index is 0.00000120. The van der Waals surface area contributed by atoms with Crippen molar-refractivity contribution in [2.75, 3.05) is 0 Å². The van der Waals surface area contributed by atoms with Crippen molar-refractivity contribution in [2.24, 2.45) is 0 Å². The molecule has 4 heteroatoms. The van der Waals surface area contributed by atoms with E-state index in [4.69, 9.17) is 4.42 Å². The molecule has 18 heavy (non-hydrogen) atoms. The van der Waals surface area contributed by atoms with Gasteiger partial charge in [-0.05, 0) is 25.1 Å². The van der Waals surface area contributed by atoms with Gasteiger partial charge in [0.25, 0.3) is 0 Å². The first kappa shape index (κ1) is 12.8. The largest absolute Gasteiger partial charge is 0.507 e. The summed E-state index contributed by atoms with van der Waals surface area (Å²) in [5.41, 5.74) is 0.763. The Bertz CT molecular complexity index is 790. The van der Waals surface area contributed by atoms with E-state index in [0.717, 1.165) is 10.8 Å². The fourth-order valence-corrected chi connectivity index (χ4v) is 2.02. The standard InChI is InChI=1S/C14H10O3.Mo/c1-8-7-9-5-6-10-11(3-2-4-12(10)15)13(9)17-14(8)16;/h2-7,15H,1H3;. The fraction of sp³-hybridized carbons (Fsp3) is 0.0714. The third kappa shape index (κ3) is 1.85. The fourth-order valence-electron chi connectivity index (χ4n) is 2.02. The average Bonchev–Trinajstić information content (AvgIpc) is 2.31. The van der Waals surface area contributed by atoms with E-state index in [1.54, 1.807) is 25.1 Å². The zero-order valence-corrected chi connectivity index (χ0v) is 11.6. The van der Waals surface area contributed by atoms with Crippen LogP contribution in [0.3, 0.4) is 0 Å². The van der Waals surface area contributed by atoms with Gasteiger partial charge in [-0.1, -0.05) is 18.2 Å². The summed E-state index contributed by atoms with van der Waals surface area (Å²) >= 11 is 0. The van der Waals surface area contributed by atoms with Gasteiger partial charge in [-0.3, -0.25) is 0 Å². The Morgan fingerprint density at radius 3 is 2.67 bits per heavy atom. The van der Waals surface area contributed by atoms with Crippen LogP contribution >= 0.6 is 0 Å². The maximum Gasteiger partial charge on any atom is 0.339 e. The molecule has 0 aliphatic rings. The summed E-state index contributed by atoms with van der Waals surface area (Å²) in [7, 11) is 0. The van der Waals surface area contributed by atoms with Gasteiger partial charge in [-0.25, -0.2) is 4.79 Å². The van der Waals surface area contributed by atoms with Gasteiger partial charge in [0.1, 0.15) is 11.3 Å². The van der Waals surface area contributed by atoms with Crippen molar-refractivity contribution in [1.29, 1.82) is 0 Å². The summed E-state index contributed by atoms with van der Waals surface area (Å²) < 4.78 is 5.29. The van der Waals surface area contributed by atoms with Crippen molar-refractivity contribution in [3.8, 4) is 5.75 Å². The van der Waals surface area contributed by atoms with Crippen LogP contribution in [0, 0.1) is 6.92 Å². The summed E-state index contributed by atoms with van der Waals surface area (Å²) in [4.78, 5) is 11.5. The minimum atomic E-state index is -0.339. The summed E-state index contributed by atoms with van der Waals surface area (Å²) in [6.07, 6.45) is 0. The molecule has 3 nitrogen and oxygen atoms in total. The molecule has 0 aliphatic carbocycles. The third-order valence-corrected chi connectivity index (χ3v) is 2.91. The molecule has 0 saturated heterocycles. The quantitative estimate of drug-likeness (QED) is 0.393. The smallest absolute Gasteiger partial charge is 0.339 e. The average molecular weight is 322 g/mol. The minimum Gasteiger partial charge on any atom is -0.507 e. The maximum atomic E-state index is 11.5. The van der Waals surface area contributed by atoms with Crippen LogP contribution < -0.4 is 5.63 Å². The molecule has 0 bridgehead atoms. The molecule has 90 valence electrons. The molecule has 0 unspecified atom stereocenters. The molecule has 1 heterocycles. The van der Waals surface area contributed by atoms with Gasteiger partial charge in [0.05, 0.1) is 0 Å². The van der Waals surface area contributed by atoms with Crippen molar-refractivity contribution >= 4 is 21.7 Å². The predicted octanol–water partition coefficient (Wildman–Crippen LogP) is 2.96. The first-order valence-corrected chi connectivity index (χ1v) is 5.32. The molecule has 3 rings (SSSR count). The van der Waals surface area contributed by atoms with E-state index in [1.807, 2.05) is 18.2 Å². The van der Waals surface area contributed by atoms with Gasteiger partial charge in [-0.15, -0.1) is 0 Å². The summed E-state index contributed by atoms with van der Waals surface area (Å²) in [6, 6.07) is 10.6. The number of fused-ring (bicyclic) bond motifs is 3. The van der Waals surface area contributed by atoms with E-state index >= 15 is 0 Å². The number of benzene rings is 2. The first-order chi connectivity index (χ1) is 8.16. The van der Waals surface area contributed by atoms with Crippen molar-refractivity contribution < 1.29 is 30.6 Å². The normalized spacial score (nSPS) is 10.5. The van der Waals surface area contributed by atoms with Crippen LogP contribution in [0.2, 0.25) is 0 Å². The number of hydrogen-bond acceptors (Lipinski definition) is 3. The van der Waals surface area contributed by atoms with Crippen molar-refractivity contribution in [1.82, 2.24) is 0 Å². The predicted molar refractivity (Wildman–Crippen MR) is 66.4 cm³/mol. The van der Waals surface area contributed by atoms with Crippen LogP contribution in [-0.2, 0) is 21.1 Å². The number of hydrogen-bond donors (Lipinski definition) is 1. The molecule has 0 amide bonds. The van der Waals surface area contributed by atoms with E-state index in [9.17, 15) is 9.90 Å². The summed E-state index contributed by atoms with van der Waals surface area (Å²) in [6.45, 7) is 1.72. The zero-order valence-electron chi connectivity index (χ0n) is 9.64. The van der Waals surface area contributed by atoms with Gasteiger partial charge < -0.3 is 9.52 Å². The number of aromatic hydroxyl groups is 1. The first-order valence-electron chi connectivity index (χ1n) is 5.32. The van der Waals surface area contributed by atoms with Gasteiger partial charge in [-0.2, -0.15) is 0 Å². The van der Waals surface area contributed by atoms with E-state index in [1.165, 1.54) is 0 Å². The van der Waals surface area contributed by atoms with Crippen LogP contribution in [0.5, 0.6) is 5.75 Å². The third-order valence-electron chi connectivity index (χ3n) is 2.91. The Morgan fingerprint density at radius 2 is 1.89 bits per heavy atom. The Kier molecular flexibility index (Phi) is 3.27. The van der Waals surface area contributed by atoms with E-state index in [2.05, 4.69) is 0 Å². The Hall–Kier alpha value is -1.60. The maximum absolute atomic E-state index is 11.5. The number of phenolic OH excluding ortho intramolecular Hbond substituents is 1. The molecular weight excluding hydrogens is 312 g/mol. The van der Waals surface area contributed by atoms with E-state index < -0.39 is 0 Å².